The molecule has 3 aromatic rings. The van der Waals surface area contributed by atoms with Gasteiger partial charge in [-0.05, 0) is 50.6 Å². The second-order valence-corrected chi connectivity index (χ2v) is 13.2. The van der Waals surface area contributed by atoms with Gasteiger partial charge in [-0.15, -0.1) is 0 Å². The number of nitrogens with one attached hydrogen (secondary N) is 1. The molecule has 0 aromatic heterocycles. The van der Waals surface area contributed by atoms with Gasteiger partial charge in [-0.25, -0.2) is 12.8 Å². The molecule has 0 aliphatic heterocycles. The zero-order valence-corrected chi connectivity index (χ0v) is 25.0. The Kier molecular flexibility index (Phi) is 10.2. The summed E-state index contributed by atoms with van der Waals surface area (Å²) in [7, 11) is -4.03. The summed E-state index contributed by atoms with van der Waals surface area (Å²) in [5.74, 6) is -1.75. The zero-order valence-electron chi connectivity index (χ0n) is 22.7. The number of nitrogens with zero attached hydrogens (tertiary/aromatic N) is 2. The molecule has 3 aromatic carbocycles. The Hall–Kier alpha value is -3.14. The van der Waals surface area contributed by atoms with Crippen molar-refractivity contribution >= 4 is 50.7 Å². The molecule has 214 valence electrons. The van der Waals surface area contributed by atoms with Gasteiger partial charge in [-0.3, -0.25) is 13.9 Å². The van der Waals surface area contributed by atoms with Gasteiger partial charge in [0.05, 0.1) is 17.0 Å². The summed E-state index contributed by atoms with van der Waals surface area (Å²) in [5.41, 5.74) is 0.311. The lowest BCUT2D eigenvalue weighted by atomic mass is 10.0. The summed E-state index contributed by atoms with van der Waals surface area (Å²) in [4.78, 5) is 28.9. The van der Waals surface area contributed by atoms with Crippen LogP contribution in [-0.2, 0) is 32.6 Å². The molecule has 0 spiro atoms. The predicted octanol–water partition coefficient (Wildman–Crippen LogP) is 5.45. The average Bonchev–Trinajstić information content (AvgIpc) is 2.86. The van der Waals surface area contributed by atoms with Crippen LogP contribution in [0.5, 0.6) is 0 Å². The number of hydrogen-bond donors (Lipinski definition) is 1. The molecule has 3 rings (SSSR count). The zero-order chi connectivity index (χ0) is 29.7. The van der Waals surface area contributed by atoms with Crippen LogP contribution in [0.2, 0.25) is 10.0 Å². The number of benzene rings is 3. The monoisotopic (exact) mass is 607 g/mol. The van der Waals surface area contributed by atoms with Crippen molar-refractivity contribution in [3.8, 4) is 0 Å². The first-order valence-electron chi connectivity index (χ1n) is 12.5. The lowest BCUT2D eigenvalue weighted by Gasteiger charge is -2.35. The minimum atomic E-state index is -4.03. The van der Waals surface area contributed by atoms with E-state index in [-0.39, 0.29) is 34.3 Å². The Bertz CT molecular complexity index is 1460. The van der Waals surface area contributed by atoms with Gasteiger partial charge < -0.3 is 10.2 Å². The fourth-order valence-corrected chi connectivity index (χ4v) is 5.38. The minimum absolute atomic E-state index is 0.00890. The first-order chi connectivity index (χ1) is 18.7. The van der Waals surface area contributed by atoms with Crippen molar-refractivity contribution in [2.45, 2.75) is 45.3 Å². The fourth-order valence-electron chi connectivity index (χ4n) is 4.09. The Labute approximate surface area is 244 Å². The molecule has 0 aliphatic carbocycles. The lowest BCUT2D eigenvalue weighted by Crippen LogP contribution is -2.56. The molecule has 0 saturated carbocycles. The first-order valence-corrected chi connectivity index (χ1v) is 15.1. The molecule has 11 heteroatoms. The van der Waals surface area contributed by atoms with Crippen molar-refractivity contribution in [2.75, 3.05) is 17.1 Å². The molecule has 0 radical (unpaired) electrons. The maximum atomic E-state index is 14.8. The van der Waals surface area contributed by atoms with E-state index >= 15 is 0 Å². The van der Waals surface area contributed by atoms with Gasteiger partial charge in [0.2, 0.25) is 21.8 Å². The van der Waals surface area contributed by atoms with E-state index in [9.17, 15) is 22.4 Å². The summed E-state index contributed by atoms with van der Waals surface area (Å²) in [6, 6.07) is 18.2. The topological polar surface area (TPSA) is 86.8 Å². The van der Waals surface area contributed by atoms with E-state index in [1.165, 1.54) is 41.3 Å². The maximum absolute atomic E-state index is 14.8. The minimum Gasteiger partial charge on any atom is -0.350 e. The van der Waals surface area contributed by atoms with Crippen molar-refractivity contribution < 1.29 is 22.4 Å². The van der Waals surface area contributed by atoms with E-state index in [1.807, 2.05) is 30.3 Å². The molecular weight excluding hydrogens is 576 g/mol. The quantitative estimate of drug-likeness (QED) is 0.332. The van der Waals surface area contributed by atoms with Gasteiger partial charge in [0.25, 0.3) is 0 Å². The number of carbonyl (C=O) groups excluding carboxylic acids is 2. The summed E-state index contributed by atoms with van der Waals surface area (Å²) in [6.45, 7) is 4.45. The molecule has 1 N–H and O–H groups in total. The molecule has 0 heterocycles. The van der Waals surface area contributed by atoms with Crippen molar-refractivity contribution in [1.29, 1.82) is 0 Å². The Morgan fingerprint density at radius 2 is 1.60 bits per heavy atom. The Morgan fingerprint density at radius 1 is 0.975 bits per heavy atom. The summed E-state index contributed by atoms with van der Waals surface area (Å²) >= 11 is 12.4. The van der Waals surface area contributed by atoms with Gasteiger partial charge in [0.1, 0.15) is 18.4 Å². The van der Waals surface area contributed by atoms with Crippen molar-refractivity contribution in [3.63, 3.8) is 0 Å². The SMILES string of the molecule is CC(C)(C)NC(=O)[C@@H](Cc1ccccc1)N(Cc1ccccc1F)C(=O)CN(c1cc(Cl)ccc1Cl)S(C)(=O)=O. The molecule has 0 unspecified atom stereocenters. The largest absolute Gasteiger partial charge is 0.350 e. The molecule has 0 saturated heterocycles. The molecule has 1 atom stereocenters. The third-order valence-corrected chi connectivity index (χ3v) is 7.61. The average molecular weight is 609 g/mol. The lowest BCUT2D eigenvalue weighted by molar-refractivity contribution is -0.140. The van der Waals surface area contributed by atoms with Gasteiger partial charge in [-0.1, -0.05) is 71.7 Å². The third-order valence-electron chi connectivity index (χ3n) is 5.92. The summed E-state index contributed by atoms with van der Waals surface area (Å²) < 4.78 is 41.4. The number of halogens is 3. The molecule has 0 fully saturated rings. The summed E-state index contributed by atoms with van der Waals surface area (Å²) in [5, 5.41) is 3.19. The van der Waals surface area contributed by atoms with Crippen LogP contribution in [-0.4, -0.2) is 49.5 Å². The van der Waals surface area contributed by atoms with Crippen molar-refractivity contribution in [2.24, 2.45) is 0 Å². The molecule has 7 nitrogen and oxygen atoms in total. The van der Waals surface area contributed by atoms with Crippen LogP contribution in [0.4, 0.5) is 10.1 Å². The second-order valence-electron chi connectivity index (χ2n) is 10.4. The van der Waals surface area contributed by atoms with Crippen LogP contribution in [0, 0.1) is 5.82 Å². The smallest absolute Gasteiger partial charge is 0.244 e. The molecule has 0 bridgehead atoms. The van der Waals surface area contributed by atoms with E-state index in [4.69, 9.17) is 23.2 Å². The van der Waals surface area contributed by atoms with E-state index in [1.54, 1.807) is 26.8 Å². The number of anilines is 1. The van der Waals surface area contributed by atoms with E-state index in [0.29, 0.717) is 0 Å². The van der Waals surface area contributed by atoms with Crippen LogP contribution in [0.25, 0.3) is 0 Å². The van der Waals surface area contributed by atoms with E-state index in [0.717, 1.165) is 16.1 Å². The number of rotatable bonds is 10. The van der Waals surface area contributed by atoms with E-state index in [2.05, 4.69) is 5.32 Å². The van der Waals surface area contributed by atoms with Gasteiger partial charge >= 0.3 is 0 Å². The maximum Gasteiger partial charge on any atom is 0.244 e. The molecule has 2 amide bonds. The predicted molar refractivity (Wildman–Crippen MR) is 157 cm³/mol. The molecule has 40 heavy (non-hydrogen) atoms. The number of sulfonamides is 1. The van der Waals surface area contributed by atoms with Crippen molar-refractivity contribution in [3.05, 3.63) is 99.8 Å². The van der Waals surface area contributed by atoms with Gasteiger partial charge in [-0.2, -0.15) is 0 Å². The highest BCUT2D eigenvalue weighted by atomic mass is 35.5. The Morgan fingerprint density at radius 3 is 2.20 bits per heavy atom. The van der Waals surface area contributed by atoms with Gasteiger partial charge in [0, 0.05) is 29.1 Å². The first kappa shape index (κ1) is 31.4. The van der Waals surface area contributed by atoms with Crippen LogP contribution >= 0.6 is 23.2 Å². The van der Waals surface area contributed by atoms with Crippen LogP contribution in [0.3, 0.4) is 0 Å². The second kappa shape index (κ2) is 13.0. The molecule has 0 aliphatic rings. The number of amides is 2. The van der Waals surface area contributed by atoms with E-state index < -0.39 is 45.8 Å². The highest BCUT2D eigenvalue weighted by Crippen LogP contribution is 2.31. The highest BCUT2D eigenvalue weighted by Gasteiger charge is 2.35. The fraction of sp³-hybridized carbons (Fsp3) is 0.310. The Balaban J connectivity index is 2.11. The van der Waals surface area contributed by atoms with Crippen LogP contribution in [0.1, 0.15) is 31.9 Å². The van der Waals surface area contributed by atoms with Gasteiger partial charge in [0.15, 0.2) is 0 Å². The standard InChI is InChI=1S/C29H32Cl2FN3O4S/c1-29(2,3)33-28(37)26(16-20-10-6-5-7-11-20)34(18-21-12-8-9-13-24(21)32)27(36)19-35(40(4,38)39)25-17-22(30)14-15-23(25)31/h5-15,17,26H,16,18-19H2,1-4H3,(H,33,37)/t26-/m1/s1. The van der Waals surface area contributed by atoms with Crippen LogP contribution < -0.4 is 9.62 Å². The normalized spacial score (nSPS) is 12.5. The highest BCUT2D eigenvalue weighted by molar-refractivity contribution is 7.92. The molecular formula is C29H32Cl2FN3O4S. The van der Waals surface area contributed by atoms with Crippen molar-refractivity contribution in [1.82, 2.24) is 10.2 Å². The number of hydrogen-bond acceptors (Lipinski definition) is 4. The third kappa shape index (κ3) is 8.68. The number of carbonyl (C=O) groups is 2. The summed E-state index contributed by atoms with van der Waals surface area (Å²) in [6.07, 6.45) is 1.05. The van der Waals surface area contributed by atoms with Crippen LogP contribution in [0.15, 0.2) is 72.8 Å².